The first-order valence-corrected chi connectivity index (χ1v) is 7.61. The van der Waals surface area contributed by atoms with E-state index in [4.69, 9.17) is 4.74 Å². The van der Waals surface area contributed by atoms with E-state index in [1.807, 2.05) is 6.26 Å². The van der Waals surface area contributed by atoms with Crippen molar-refractivity contribution in [2.75, 3.05) is 20.0 Å². The average Bonchev–Trinajstić information content (AvgIpc) is 2.68. The third-order valence-electron chi connectivity index (χ3n) is 2.66. The third kappa shape index (κ3) is 2.53. The molecule has 1 unspecified atom stereocenters. The summed E-state index contributed by atoms with van der Waals surface area (Å²) in [5, 5.41) is 1.25. The lowest BCUT2D eigenvalue weighted by Crippen LogP contribution is -2.26. The molecular weight excluding hydrogens is 256 g/mol. The largest absolute Gasteiger partial charge is 0.383 e. The number of rotatable bonds is 4. The van der Waals surface area contributed by atoms with Crippen molar-refractivity contribution in [3.05, 3.63) is 16.0 Å². The van der Waals surface area contributed by atoms with Gasteiger partial charge in [-0.15, -0.1) is 11.8 Å². The number of fused-ring (bicyclic) bond motifs is 1. The number of methoxy groups -OCH3 is 1. The Morgan fingerprint density at radius 1 is 1.65 bits per heavy atom. The smallest absolute Gasteiger partial charge is 0.268 e. The maximum Gasteiger partial charge on any atom is 0.268 e. The quantitative estimate of drug-likeness (QED) is 0.616. The Morgan fingerprint density at radius 2 is 2.41 bits per heavy atom. The predicted octanol–water partition coefficient (Wildman–Crippen LogP) is 1.65. The van der Waals surface area contributed by atoms with Crippen LogP contribution in [0, 0.1) is 0 Å². The summed E-state index contributed by atoms with van der Waals surface area (Å²) < 4.78 is 6.76. The topological polar surface area (TPSA) is 44.1 Å². The second kappa shape index (κ2) is 5.46. The van der Waals surface area contributed by atoms with Crippen molar-refractivity contribution in [1.29, 1.82) is 0 Å². The van der Waals surface area contributed by atoms with Crippen molar-refractivity contribution in [1.82, 2.24) is 9.55 Å². The average molecular weight is 272 g/mol. The van der Waals surface area contributed by atoms with Gasteiger partial charge in [0.15, 0.2) is 5.16 Å². The van der Waals surface area contributed by atoms with Crippen LogP contribution in [0.2, 0.25) is 0 Å². The van der Waals surface area contributed by atoms with Crippen LogP contribution in [0.1, 0.15) is 12.6 Å². The van der Waals surface area contributed by atoms with E-state index in [0.29, 0.717) is 18.4 Å². The molecule has 0 spiro atoms. The van der Waals surface area contributed by atoms with Gasteiger partial charge in [-0.25, -0.2) is 4.98 Å². The number of thioether (sulfide) groups is 2. The second-order valence-electron chi connectivity index (χ2n) is 3.96. The minimum absolute atomic E-state index is 0.0887. The van der Waals surface area contributed by atoms with Crippen LogP contribution in [0.4, 0.5) is 0 Å². The van der Waals surface area contributed by atoms with Crippen LogP contribution in [0.3, 0.4) is 0 Å². The molecule has 1 aliphatic heterocycles. The van der Waals surface area contributed by atoms with Crippen LogP contribution in [0.25, 0.3) is 0 Å². The van der Waals surface area contributed by atoms with Crippen molar-refractivity contribution in [2.45, 2.75) is 35.2 Å². The summed E-state index contributed by atoms with van der Waals surface area (Å²) in [5.41, 5.74) is 1.05. The van der Waals surface area contributed by atoms with Gasteiger partial charge < -0.3 is 4.74 Å². The molecular formula is C11H16N2O2S2. The van der Waals surface area contributed by atoms with Gasteiger partial charge in [0, 0.05) is 18.8 Å². The van der Waals surface area contributed by atoms with Gasteiger partial charge in [0.25, 0.3) is 5.56 Å². The predicted molar refractivity (Wildman–Crippen MR) is 71.2 cm³/mol. The Labute approximate surface area is 109 Å². The molecule has 1 aromatic heterocycles. The fourth-order valence-electron chi connectivity index (χ4n) is 1.87. The van der Waals surface area contributed by atoms with Crippen molar-refractivity contribution in [3.63, 3.8) is 0 Å². The summed E-state index contributed by atoms with van der Waals surface area (Å²) in [6, 6.07) is 0. The number of aromatic nitrogens is 2. The zero-order chi connectivity index (χ0) is 12.4. The fraction of sp³-hybridized carbons (Fsp3) is 0.636. The Hall–Kier alpha value is -0.460. The number of hydrogen-bond donors (Lipinski definition) is 0. The Morgan fingerprint density at radius 3 is 3.06 bits per heavy atom. The van der Waals surface area contributed by atoms with Gasteiger partial charge in [0.1, 0.15) is 0 Å². The van der Waals surface area contributed by atoms with Crippen LogP contribution in [0.5, 0.6) is 0 Å². The maximum atomic E-state index is 12.3. The summed E-state index contributed by atoms with van der Waals surface area (Å²) in [6.07, 6.45) is 2.84. The van der Waals surface area contributed by atoms with E-state index in [-0.39, 0.29) is 5.56 Å². The molecule has 0 saturated carbocycles. The minimum atomic E-state index is 0.0887. The summed E-state index contributed by atoms with van der Waals surface area (Å²) in [4.78, 5) is 17.7. The van der Waals surface area contributed by atoms with E-state index in [0.717, 1.165) is 22.2 Å². The van der Waals surface area contributed by atoms with Gasteiger partial charge in [-0.2, -0.15) is 0 Å². The number of ether oxygens (including phenoxy) is 1. The molecule has 0 N–H and O–H groups in total. The highest BCUT2D eigenvalue weighted by Crippen LogP contribution is 2.33. The highest BCUT2D eigenvalue weighted by Gasteiger charge is 2.25. The number of nitrogens with zero attached hydrogens (tertiary/aromatic N) is 2. The standard InChI is InChI=1S/C11H16N2O2S2/c1-7-6-8-9(17-7)10(14)13(4-5-15-2)11(12-8)16-3/h7H,4-6H2,1-3H3. The summed E-state index contributed by atoms with van der Waals surface area (Å²) >= 11 is 3.15. The second-order valence-corrected chi connectivity index (χ2v) is 6.18. The van der Waals surface area contributed by atoms with E-state index < -0.39 is 0 Å². The number of hydrogen-bond acceptors (Lipinski definition) is 5. The lowest BCUT2D eigenvalue weighted by Gasteiger charge is -2.11. The molecule has 0 bridgehead atoms. The Balaban J connectivity index is 2.45. The molecule has 1 aromatic rings. The molecule has 0 aromatic carbocycles. The van der Waals surface area contributed by atoms with Crippen molar-refractivity contribution in [3.8, 4) is 0 Å². The van der Waals surface area contributed by atoms with E-state index >= 15 is 0 Å². The summed E-state index contributed by atoms with van der Waals surface area (Å²) in [5.74, 6) is 0. The van der Waals surface area contributed by atoms with Crippen molar-refractivity contribution >= 4 is 23.5 Å². The van der Waals surface area contributed by atoms with Crippen LogP contribution in [-0.2, 0) is 17.7 Å². The van der Waals surface area contributed by atoms with Crippen molar-refractivity contribution < 1.29 is 4.74 Å². The molecule has 2 rings (SSSR count). The first-order chi connectivity index (χ1) is 8.17. The highest BCUT2D eigenvalue weighted by atomic mass is 32.2. The molecule has 0 fully saturated rings. The van der Waals surface area contributed by atoms with Crippen molar-refractivity contribution in [2.24, 2.45) is 0 Å². The molecule has 4 nitrogen and oxygen atoms in total. The van der Waals surface area contributed by atoms with Gasteiger partial charge in [0.2, 0.25) is 0 Å². The molecule has 0 aliphatic carbocycles. The van der Waals surface area contributed by atoms with Crippen LogP contribution < -0.4 is 5.56 Å². The molecule has 1 atom stereocenters. The zero-order valence-corrected chi connectivity index (χ0v) is 11.9. The molecule has 1 aliphatic rings. The Bertz CT molecular complexity index is 473. The lowest BCUT2D eigenvalue weighted by atomic mass is 10.2. The van der Waals surface area contributed by atoms with Gasteiger partial charge in [-0.1, -0.05) is 18.7 Å². The highest BCUT2D eigenvalue weighted by molar-refractivity contribution is 8.00. The molecule has 6 heteroatoms. The maximum absolute atomic E-state index is 12.3. The van der Waals surface area contributed by atoms with E-state index in [1.54, 1.807) is 23.4 Å². The van der Waals surface area contributed by atoms with E-state index in [1.165, 1.54) is 11.8 Å². The van der Waals surface area contributed by atoms with E-state index in [2.05, 4.69) is 11.9 Å². The van der Waals surface area contributed by atoms with Crippen LogP contribution in [0.15, 0.2) is 14.8 Å². The summed E-state index contributed by atoms with van der Waals surface area (Å²) in [7, 11) is 1.64. The van der Waals surface area contributed by atoms with E-state index in [9.17, 15) is 4.79 Å². The minimum Gasteiger partial charge on any atom is -0.383 e. The fourth-order valence-corrected chi connectivity index (χ4v) is 3.58. The van der Waals surface area contributed by atoms with Gasteiger partial charge in [-0.3, -0.25) is 9.36 Å². The van der Waals surface area contributed by atoms with Gasteiger partial charge in [0.05, 0.1) is 23.7 Å². The van der Waals surface area contributed by atoms with Crippen LogP contribution in [-0.4, -0.2) is 34.8 Å². The Kier molecular flexibility index (Phi) is 4.17. The SMILES string of the molecule is COCCn1c(SC)nc2c(c1=O)SC(C)C2. The molecule has 0 radical (unpaired) electrons. The lowest BCUT2D eigenvalue weighted by molar-refractivity contribution is 0.182. The molecule has 0 amide bonds. The molecule has 94 valence electrons. The third-order valence-corrected chi connectivity index (χ3v) is 4.56. The monoisotopic (exact) mass is 272 g/mol. The summed E-state index contributed by atoms with van der Waals surface area (Å²) in [6.45, 7) is 3.24. The molecule has 2 heterocycles. The van der Waals surface area contributed by atoms with Gasteiger partial charge in [-0.05, 0) is 6.26 Å². The van der Waals surface area contributed by atoms with Gasteiger partial charge >= 0.3 is 0 Å². The first-order valence-electron chi connectivity index (χ1n) is 5.50. The first kappa shape index (κ1) is 13.0. The van der Waals surface area contributed by atoms with Crippen LogP contribution >= 0.6 is 23.5 Å². The molecule has 17 heavy (non-hydrogen) atoms. The zero-order valence-electron chi connectivity index (χ0n) is 10.2. The molecule has 0 saturated heterocycles. The normalized spacial score (nSPS) is 18.4.